The highest BCUT2D eigenvalue weighted by atomic mass is 32.2. The number of nitrogens with zero attached hydrogens (tertiary/aromatic N) is 1. The number of hydrogen-bond acceptors (Lipinski definition) is 5. The lowest BCUT2D eigenvalue weighted by atomic mass is 10.1. The molecule has 1 amide bonds. The first-order chi connectivity index (χ1) is 13.9. The summed E-state index contributed by atoms with van der Waals surface area (Å²) in [6.45, 7) is 0.0156. The maximum atomic E-state index is 14.2. The summed E-state index contributed by atoms with van der Waals surface area (Å²) in [5.74, 6) is -1.48. The average Bonchev–Trinajstić information content (AvgIpc) is 2.85. The standard InChI is InChI=1S/C21H18FNO5S/c22-17-7-3-2-6-15(17)19-9-10-23(11-12-29(19,26)27)20(24)16-13-14-5-1-4-8-18(14)28-21(16)25/h1-8,13,19H,9-12H2. The molecule has 29 heavy (non-hydrogen) atoms. The molecule has 150 valence electrons. The van der Waals surface area contributed by atoms with Crippen molar-refractivity contribution in [2.75, 3.05) is 18.8 Å². The maximum Gasteiger partial charge on any atom is 0.349 e. The van der Waals surface area contributed by atoms with Gasteiger partial charge in [0.15, 0.2) is 9.84 Å². The van der Waals surface area contributed by atoms with E-state index in [0.717, 1.165) is 0 Å². The molecule has 1 atom stereocenters. The Labute approximate surface area is 166 Å². The molecule has 0 N–H and O–H groups in total. The van der Waals surface area contributed by atoms with Gasteiger partial charge in [-0.2, -0.15) is 0 Å². The molecule has 8 heteroatoms. The van der Waals surface area contributed by atoms with Gasteiger partial charge in [-0.15, -0.1) is 0 Å². The van der Waals surface area contributed by atoms with Gasteiger partial charge in [-0.1, -0.05) is 36.4 Å². The van der Waals surface area contributed by atoms with Crippen LogP contribution in [-0.4, -0.2) is 38.1 Å². The van der Waals surface area contributed by atoms with Crippen molar-refractivity contribution < 1.29 is 22.0 Å². The monoisotopic (exact) mass is 415 g/mol. The third-order valence-corrected chi connectivity index (χ3v) is 7.26. The third kappa shape index (κ3) is 3.67. The smallest absolute Gasteiger partial charge is 0.349 e. The van der Waals surface area contributed by atoms with E-state index in [4.69, 9.17) is 4.42 Å². The molecule has 1 aliphatic rings. The second kappa shape index (κ2) is 7.44. The molecular formula is C21H18FNO5S. The summed E-state index contributed by atoms with van der Waals surface area (Å²) >= 11 is 0. The number of benzene rings is 2. The lowest BCUT2D eigenvalue weighted by Crippen LogP contribution is -2.36. The van der Waals surface area contributed by atoms with Crippen molar-refractivity contribution in [2.45, 2.75) is 11.7 Å². The third-order valence-electron chi connectivity index (χ3n) is 5.15. The molecule has 1 unspecified atom stereocenters. The Hall–Kier alpha value is -3.00. The first kappa shape index (κ1) is 19.3. The second-order valence-corrected chi connectivity index (χ2v) is 9.25. The molecule has 2 aromatic carbocycles. The van der Waals surface area contributed by atoms with Crippen LogP contribution in [0.25, 0.3) is 11.0 Å². The number of amides is 1. The van der Waals surface area contributed by atoms with E-state index in [0.29, 0.717) is 11.0 Å². The fraction of sp³-hybridized carbons (Fsp3) is 0.238. The minimum Gasteiger partial charge on any atom is -0.422 e. The normalized spacial score (nSPS) is 19.1. The van der Waals surface area contributed by atoms with Crippen LogP contribution in [-0.2, 0) is 9.84 Å². The van der Waals surface area contributed by atoms with Gasteiger partial charge in [0, 0.05) is 24.0 Å². The topological polar surface area (TPSA) is 84.7 Å². The quantitative estimate of drug-likeness (QED) is 0.601. The van der Waals surface area contributed by atoms with Crippen LogP contribution in [0, 0.1) is 5.82 Å². The van der Waals surface area contributed by atoms with E-state index < -0.39 is 32.4 Å². The van der Waals surface area contributed by atoms with Gasteiger partial charge in [0.2, 0.25) is 0 Å². The molecule has 2 heterocycles. The summed E-state index contributed by atoms with van der Waals surface area (Å²) in [5, 5.41) is -0.434. The Kier molecular flexibility index (Phi) is 4.96. The number of carbonyl (C=O) groups is 1. The minimum atomic E-state index is -3.66. The Bertz CT molecular complexity index is 1250. The van der Waals surface area contributed by atoms with E-state index in [9.17, 15) is 22.4 Å². The summed E-state index contributed by atoms with van der Waals surface area (Å²) in [5.41, 5.74) is -0.448. The van der Waals surface area contributed by atoms with Crippen LogP contribution in [0.5, 0.6) is 0 Å². The van der Waals surface area contributed by atoms with Crippen LogP contribution in [0.15, 0.2) is 63.8 Å². The van der Waals surface area contributed by atoms with Crippen molar-refractivity contribution in [3.63, 3.8) is 0 Å². The van der Waals surface area contributed by atoms with Gasteiger partial charge in [0.25, 0.3) is 5.91 Å². The highest BCUT2D eigenvalue weighted by molar-refractivity contribution is 7.91. The van der Waals surface area contributed by atoms with Crippen molar-refractivity contribution in [1.82, 2.24) is 4.90 Å². The first-order valence-corrected chi connectivity index (χ1v) is 10.9. The largest absolute Gasteiger partial charge is 0.422 e. The van der Waals surface area contributed by atoms with E-state index in [1.165, 1.54) is 29.2 Å². The van der Waals surface area contributed by atoms with Crippen LogP contribution < -0.4 is 5.63 Å². The van der Waals surface area contributed by atoms with Crippen LogP contribution in [0.4, 0.5) is 4.39 Å². The Morgan fingerprint density at radius 1 is 1.07 bits per heavy atom. The van der Waals surface area contributed by atoms with Gasteiger partial charge >= 0.3 is 5.63 Å². The SMILES string of the molecule is O=C(c1cc2ccccc2oc1=O)N1CCC(c2ccccc2F)S(=O)(=O)CC1. The summed E-state index contributed by atoms with van der Waals surface area (Å²) in [7, 11) is -3.66. The summed E-state index contributed by atoms with van der Waals surface area (Å²) in [6.07, 6.45) is 0.0495. The highest BCUT2D eigenvalue weighted by Crippen LogP contribution is 2.31. The Balaban J connectivity index is 1.64. The van der Waals surface area contributed by atoms with E-state index in [-0.39, 0.29) is 36.4 Å². The minimum absolute atomic E-state index is 0.0495. The zero-order valence-electron chi connectivity index (χ0n) is 15.4. The molecular weight excluding hydrogens is 397 g/mol. The number of carbonyl (C=O) groups excluding carboxylic acids is 1. The number of para-hydroxylation sites is 1. The number of rotatable bonds is 2. The molecule has 0 radical (unpaired) electrons. The number of sulfone groups is 1. The summed E-state index contributed by atoms with van der Waals surface area (Å²) < 4.78 is 44.8. The molecule has 0 aliphatic carbocycles. The molecule has 1 fully saturated rings. The van der Waals surface area contributed by atoms with E-state index in [2.05, 4.69) is 0 Å². The van der Waals surface area contributed by atoms with E-state index >= 15 is 0 Å². The molecule has 0 saturated carbocycles. The number of hydrogen-bond donors (Lipinski definition) is 0. The van der Waals surface area contributed by atoms with Crippen LogP contribution in [0.1, 0.15) is 27.6 Å². The fourth-order valence-electron chi connectivity index (χ4n) is 3.61. The molecule has 1 aliphatic heterocycles. The van der Waals surface area contributed by atoms with Crippen molar-refractivity contribution in [1.29, 1.82) is 0 Å². The molecule has 1 aromatic heterocycles. The number of halogens is 1. The van der Waals surface area contributed by atoms with Gasteiger partial charge in [-0.3, -0.25) is 4.79 Å². The zero-order chi connectivity index (χ0) is 20.6. The maximum absolute atomic E-state index is 14.2. The van der Waals surface area contributed by atoms with Gasteiger partial charge in [0.05, 0.1) is 11.0 Å². The molecule has 0 spiro atoms. The van der Waals surface area contributed by atoms with Gasteiger partial charge < -0.3 is 9.32 Å². The Morgan fingerprint density at radius 2 is 1.79 bits per heavy atom. The van der Waals surface area contributed by atoms with Gasteiger partial charge in [-0.05, 0) is 24.6 Å². The average molecular weight is 415 g/mol. The lowest BCUT2D eigenvalue weighted by Gasteiger charge is -2.19. The van der Waals surface area contributed by atoms with E-state index in [1.54, 1.807) is 30.3 Å². The highest BCUT2D eigenvalue weighted by Gasteiger charge is 2.34. The predicted octanol–water partition coefficient (Wildman–Crippen LogP) is 2.93. The van der Waals surface area contributed by atoms with E-state index in [1.807, 2.05) is 0 Å². The van der Waals surface area contributed by atoms with Gasteiger partial charge in [0.1, 0.15) is 17.0 Å². The second-order valence-electron chi connectivity index (χ2n) is 6.94. The fourth-order valence-corrected chi connectivity index (χ4v) is 5.42. The zero-order valence-corrected chi connectivity index (χ0v) is 16.2. The van der Waals surface area contributed by atoms with Crippen molar-refractivity contribution in [3.05, 3.63) is 82.0 Å². The lowest BCUT2D eigenvalue weighted by molar-refractivity contribution is 0.0762. The molecule has 4 rings (SSSR count). The van der Waals surface area contributed by atoms with Crippen molar-refractivity contribution in [2.24, 2.45) is 0 Å². The van der Waals surface area contributed by atoms with Gasteiger partial charge in [-0.25, -0.2) is 17.6 Å². The molecule has 1 saturated heterocycles. The van der Waals surface area contributed by atoms with Crippen LogP contribution in [0.3, 0.4) is 0 Å². The molecule has 6 nitrogen and oxygen atoms in total. The predicted molar refractivity (Wildman–Crippen MR) is 106 cm³/mol. The molecule has 3 aromatic rings. The first-order valence-electron chi connectivity index (χ1n) is 9.15. The van der Waals surface area contributed by atoms with Crippen molar-refractivity contribution in [3.8, 4) is 0 Å². The number of fused-ring (bicyclic) bond motifs is 1. The Morgan fingerprint density at radius 3 is 2.59 bits per heavy atom. The van der Waals surface area contributed by atoms with Crippen LogP contribution in [0.2, 0.25) is 0 Å². The summed E-state index contributed by atoms with van der Waals surface area (Å²) in [4.78, 5) is 26.5. The summed E-state index contributed by atoms with van der Waals surface area (Å²) in [6, 6.07) is 14.0. The van der Waals surface area contributed by atoms with Crippen LogP contribution >= 0.6 is 0 Å². The van der Waals surface area contributed by atoms with Crippen molar-refractivity contribution >= 4 is 26.7 Å². The molecule has 0 bridgehead atoms.